The molecule has 2 unspecified atom stereocenters. The molecule has 5 fully saturated rings. The van der Waals surface area contributed by atoms with Crippen LogP contribution in [0.15, 0.2) is 11.6 Å². The third kappa shape index (κ3) is 9.44. The molecule has 0 amide bonds. The normalized spacial score (nSPS) is 38.7. The van der Waals surface area contributed by atoms with Crippen molar-refractivity contribution in [1.82, 2.24) is 0 Å². The van der Waals surface area contributed by atoms with Crippen LogP contribution in [-0.4, -0.2) is 124 Å². The number of aliphatic carboxylic acids is 1. The largest absolute Gasteiger partial charge is 0.481 e. The van der Waals surface area contributed by atoms with E-state index < -0.39 is 108 Å². The second kappa shape index (κ2) is 19.6. The van der Waals surface area contributed by atoms with Gasteiger partial charge in [0.05, 0.1) is 32.8 Å². The zero-order valence-corrected chi connectivity index (χ0v) is 42.1. The van der Waals surface area contributed by atoms with Crippen molar-refractivity contribution in [2.45, 2.75) is 183 Å². The summed E-state index contributed by atoms with van der Waals surface area (Å²) in [6, 6.07) is 0. The molecule has 6 aliphatic rings. The summed E-state index contributed by atoms with van der Waals surface area (Å²) in [6.07, 6.45) is -2.91. The number of hydrogen-bond acceptors (Lipinski definition) is 17. The van der Waals surface area contributed by atoms with E-state index in [1.807, 2.05) is 0 Å². The maximum absolute atomic E-state index is 13.6. The molecule has 68 heavy (non-hydrogen) atoms. The van der Waals surface area contributed by atoms with Crippen LogP contribution in [-0.2, 0) is 80.9 Å². The van der Waals surface area contributed by atoms with Crippen LogP contribution in [0.1, 0.15) is 133 Å². The molecule has 15 atom stereocenters. The minimum atomic E-state index is -2.02. The van der Waals surface area contributed by atoms with E-state index in [2.05, 4.69) is 54.5 Å². The molecule has 0 aromatic heterocycles. The maximum Gasteiger partial charge on any atom is 0.352 e. The fourth-order valence-corrected chi connectivity index (χ4v) is 14.1. The topological polar surface area (TPSA) is 232 Å². The Morgan fingerprint density at radius 2 is 1.40 bits per heavy atom. The Kier molecular flexibility index (Phi) is 15.3. The summed E-state index contributed by atoms with van der Waals surface area (Å²) in [6.45, 7) is 18.4. The van der Waals surface area contributed by atoms with Crippen LogP contribution in [0, 0.1) is 50.2 Å². The van der Waals surface area contributed by atoms with Gasteiger partial charge >= 0.3 is 41.8 Å². The average Bonchev–Trinajstić information content (AvgIpc) is 3.25. The lowest BCUT2D eigenvalue weighted by Crippen LogP contribution is -2.67. The highest BCUT2D eigenvalue weighted by Gasteiger charge is 2.70. The van der Waals surface area contributed by atoms with Crippen molar-refractivity contribution >= 4 is 41.8 Å². The number of allylic oxidation sites excluding steroid dienone is 2. The molecule has 1 heterocycles. The van der Waals surface area contributed by atoms with E-state index >= 15 is 0 Å². The monoisotopic (exact) mass is 962 g/mol. The highest BCUT2D eigenvalue weighted by Crippen LogP contribution is 2.76. The first-order valence-corrected chi connectivity index (χ1v) is 23.9. The van der Waals surface area contributed by atoms with Crippen molar-refractivity contribution in [3.63, 3.8) is 0 Å². The van der Waals surface area contributed by atoms with Crippen molar-refractivity contribution in [3.8, 4) is 0 Å². The Morgan fingerprint density at radius 3 is 1.99 bits per heavy atom. The fourth-order valence-electron chi connectivity index (χ4n) is 14.1. The summed E-state index contributed by atoms with van der Waals surface area (Å²) < 4.78 is 56.7. The second-order valence-corrected chi connectivity index (χ2v) is 22.2. The van der Waals surface area contributed by atoms with Crippen LogP contribution in [0.5, 0.6) is 0 Å². The molecule has 0 spiro atoms. The molecule has 6 rings (SSSR count). The molecule has 382 valence electrons. The molecule has 0 radical (unpaired) electrons. The first-order valence-electron chi connectivity index (χ1n) is 23.9. The lowest BCUT2D eigenvalue weighted by atomic mass is 9.33. The Morgan fingerprint density at radius 1 is 0.750 bits per heavy atom. The van der Waals surface area contributed by atoms with Crippen molar-refractivity contribution < 1.29 is 86.0 Å². The van der Waals surface area contributed by atoms with Gasteiger partial charge < -0.3 is 52.5 Å². The van der Waals surface area contributed by atoms with E-state index in [9.17, 15) is 38.7 Å². The number of esters is 6. The smallest absolute Gasteiger partial charge is 0.352 e. The van der Waals surface area contributed by atoms with E-state index in [-0.39, 0.29) is 39.4 Å². The van der Waals surface area contributed by atoms with Gasteiger partial charge in [0, 0.05) is 20.8 Å². The van der Waals surface area contributed by atoms with E-state index in [0.29, 0.717) is 19.3 Å². The number of fused-ring (bicyclic) bond motifs is 7. The quantitative estimate of drug-likeness (QED) is 0.0689. The first-order chi connectivity index (χ1) is 31.7. The molecule has 1 aliphatic heterocycles. The summed E-state index contributed by atoms with van der Waals surface area (Å²) in [7, 11) is 3.19. The molecule has 0 bridgehead atoms. The highest BCUT2D eigenvalue weighted by molar-refractivity contribution is 5.79. The first kappa shape index (κ1) is 53.2. The molecule has 18 heteroatoms. The van der Waals surface area contributed by atoms with Crippen LogP contribution >= 0.6 is 0 Å². The molecule has 18 nitrogen and oxygen atoms in total. The average molecular weight is 963 g/mol. The second-order valence-electron chi connectivity index (χ2n) is 22.2. The van der Waals surface area contributed by atoms with Crippen LogP contribution in [0.4, 0.5) is 0 Å². The van der Waals surface area contributed by atoms with Gasteiger partial charge in [0.25, 0.3) is 0 Å². The Balaban J connectivity index is 1.36. The summed E-state index contributed by atoms with van der Waals surface area (Å²) in [5.74, 6) is -6.14. The van der Waals surface area contributed by atoms with E-state index in [1.165, 1.54) is 5.57 Å². The van der Waals surface area contributed by atoms with E-state index in [0.717, 1.165) is 87.0 Å². The molecular weight excluding hydrogens is 889 g/mol. The van der Waals surface area contributed by atoms with Gasteiger partial charge in [-0.2, -0.15) is 0 Å². The molecule has 5 aliphatic carbocycles. The SMILES string of the molecule is COC(=O)COC(O[C@@H]1[C@@H](OC(C)=O)[C@H](O[C@H]2CC[C@]3(C)[C@H]4CC=C5[C@@H]6CC(C)(C)CC[C@]6(C(=O)O)CC[C@@]5(C)[C@]4(C)CC[C@H]3C2(C)C)O[C@H](C(=O)OC)[C@H]1OC(C)=O)C(OC(C)=O)C(=O)OC. The minimum Gasteiger partial charge on any atom is -0.481 e. The van der Waals surface area contributed by atoms with Crippen LogP contribution in [0.25, 0.3) is 0 Å². The number of rotatable bonds is 14. The number of methoxy groups -OCH3 is 3. The van der Waals surface area contributed by atoms with Gasteiger partial charge in [0.1, 0.15) is 12.7 Å². The molecule has 0 aromatic carbocycles. The summed E-state index contributed by atoms with van der Waals surface area (Å²) in [5, 5.41) is 10.8. The van der Waals surface area contributed by atoms with Crippen LogP contribution in [0.2, 0.25) is 0 Å². The predicted molar refractivity (Wildman–Crippen MR) is 238 cm³/mol. The third-order valence-corrected chi connectivity index (χ3v) is 17.7. The van der Waals surface area contributed by atoms with Gasteiger partial charge in [-0.25, -0.2) is 14.4 Å². The standard InChI is InChI=1S/C50H74O18/c1-26(51)63-35-36(67-42(62-25-34(54)59-11)39(41(56)61-13)65-28(3)53)38(64-27(2)52)43(68-37(35)40(55)60-12)66-33-17-18-47(8)31(46(33,6)7)16-19-49(10)32(47)15-14-29-30-24-45(4,5)20-22-50(30,44(57)58)23-21-48(29,49)9/h14,30-33,35-39,42-43H,15-25H2,1-13H3,(H,57,58)/t30-,31-,32+,33-,35-,36-,37-,38+,39?,42?,43+,47-,48+,49+,50-/m0/s1. The summed E-state index contributed by atoms with van der Waals surface area (Å²) >= 11 is 0. The zero-order valence-electron chi connectivity index (χ0n) is 42.1. The molecular formula is C50H74O18. The minimum absolute atomic E-state index is 0.0168. The van der Waals surface area contributed by atoms with Crippen molar-refractivity contribution in [2.24, 2.45) is 50.2 Å². The van der Waals surface area contributed by atoms with Crippen LogP contribution in [0.3, 0.4) is 0 Å². The Hall–Kier alpha value is -4.13. The van der Waals surface area contributed by atoms with Gasteiger partial charge in [-0.3, -0.25) is 19.2 Å². The molecule has 4 saturated carbocycles. The molecule has 1 N–H and O–H groups in total. The number of ether oxygens (including phenoxy) is 10. The fraction of sp³-hybridized carbons (Fsp3) is 0.820. The highest BCUT2D eigenvalue weighted by atomic mass is 16.8. The van der Waals surface area contributed by atoms with Crippen molar-refractivity contribution in [3.05, 3.63) is 11.6 Å². The third-order valence-electron chi connectivity index (χ3n) is 17.7. The van der Waals surface area contributed by atoms with Gasteiger partial charge in [-0.1, -0.05) is 60.1 Å². The Bertz CT molecular complexity index is 2010. The van der Waals surface area contributed by atoms with E-state index in [1.54, 1.807) is 0 Å². The van der Waals surface area contributed by atoms with Gasteiger partial charge in [0.2, 0.25) is 12.4 Å². The van der Waals surface area contributed by atoms with Gasteiger partial charge in [-0.05, 0) is 109 Å². The number of hydrogen-bond donors (Lipinski definition) is 1. The van der Waals surface area contributed by atoms with Gasteiger partial charge in [0.15, 0.2) is 24.6 Å². The summed E-state index contributed by atoms with van der Waals surface area (Å²) in [4.78, 5) is 90.3. The maximum atomic E-state index is 13.6. The van der Waals surface area contributed by atoms with Crippen molar-refractivity contribution in [1.29, 1.82) is 0 Å². The van der Waals surface area contributed by atoms with E-state index in [4.69, 9.17) is 47.4 Å². The predicted octanol–water partition coefficient (Wildman–Crippen LogP) is 6.02. The molecule has 0 aromatic rings. The zero-order chi connectivity index (χ0) is 50.5. The summed E-state index contributed by atoms with van der Waals surface area (Å²) in [5.41, 5.74) is -0.410. The lowest BCUT2D eigenvalue weighted by Gasteiger charge is -2.71. The number of carboxylic acid groups (broad SMARTS) is 1. The van der Waals surface area contributed by atoms with Crippen molar-refractivity contribution in [2.75, 3.05) is 27.9 Å². The number of carbonyl (C=O) groups is 7. The number of carbonyl (C=O) groups excluding carboxylic acids is 6. The van der Waals surface area contributed by atoms with Gasteiger partial charge in [-0.15, -0.1) is 0 Å². The number of carboxylic acids is 1. The molecule has 1 saturated heterocycles. The Labute approximate surface area is 399 Å². The van der Waals surface area contributed by atoms with Crippen LogP contribution < -0.4 is 0 Å². The lowest BCUT2D eigenvalue weighted by molar-refractivity contribution is -0.347.